The molecule has 0 atom stereocenters. The molecule has 0 radical (unpaired) electrons. The predicted octanol–water partition coefficient (Wildman–Crippen LogP) is 4.73. The fraction of sp³-hybridized carbons (Fsp3) is 0.192. The monoisotopic (exact) mass is 487 g/mol. The lowest BCUT2D eigenvalue weighted by molar-refractivity contribution is 0.102. The molecule has 1 saturated carbocycles. The molecule has 0 bridgehead atoms. The van der Waals surface area contributed by atoms with Crippen LogP contribution in [0, 0.1) is 6.92 Å². The van der Waals surface area contributed by atoms with Crippen LogP contribution < -0.4 is 9.62 Å². The van der Waals surface area contributed by atoms with Crippen LogP contribution in [0.25, 0.3) is 11.4 Å². The highest BCUT2D eigenvalue weighted by Gasteiger charge is 2.27. The van der Waals surface area contributed by atoms with Crippen molar-refractivity contribution in [2.45, 2.75) is 30.6 Å². The molecule has 9 heteroatoms. The van der Waals surface area contributed by atoms with Gasteiger partial charge in [-0.1, -0.05) is 23.8 Å². The summed E-state index contributed by atoms with van der Waals surface area (Å²) in [4.78, 5) is 17.4. The van der Waals surface area contributed by atoms with Gasteiger partial charge in [0.05, 0.1) is 10.6 Å². The fourth-order valence-corrected chi connectivity index (χ4v) is 4.94. The largest absolute Gasteiger partial charge is 0.322 e. The van der Waals surface area contributed by atoms with E-state index in [9.17, 15) is 13.2 Å². The number of aromatic nitrogens is 3. The van der Waals surface area contributed by atoms with Gasteiger partial charge in [0.1, 0.15) is 5.82 Å². The number of hydrogen-bond donors (Lipinski definition) is 2. The molecule has 35 heavy (non-hydrogen) atoms. The molecule has 1 aliphatic rings. The number of nitrogens with zero attached hydrogens (tertiary/aromatic N) is 3. The van der Waals surface area contributed by atoms with E-state index in [4.69, 9.17) is 0 Å². The number of rotatable bonds is 7. The number of nitrogens with one attached hydrogen (secondary N) is 2. The van der Waals surface area contributed by atoms with Crippen LogP contribution in [0.4, 0.5) is 11.4 Å². The minimum atomic E-state index is -3.83. The maximum absolute atomic E-state index is 13.2. The van der Waals surface area contributed by atoms with E-state index in [1.165, 1.54) is 23.5 Å². The van der Waals surface area contributed by atoms with Crippen LogP contribution in [-0.4, -0.2) is 36.6 Å². The van der Waals surface area contributed by atoms with Crippen LogP contribution in [0.15, 0.2) is 77.7 Å². The summed E-state index contributed by atoms with van der Waals surface area (Å²) in [5, 5.41) is 10.1. The lowest BCUT2D eigenvalue weighted by Gasteiger charge is -2.20. The van der Waals surface area contributed by atoms with Gasteiger partial charge < -0.3 is 5.32 Å². The van der Waals surface area contributed by atoms with E-state index in [0.717, 1.165) is 29.8 Å². The average Bonchev–Trinajstić information content (AvgIpc) is 3.61. The summed E-state index contributed by atoms with van der Waals surface area (Å²) in [6.07, 6.45) is 2.29. The zero-order chi connectivity index (χ0) is 24.6. The highest BCUT2D eigenvalue weighted by Crippen LogP contribution is 2.38. The molecule has 0 unspecified atom stereocenters. The second-order valence-electron chi connectivity index (χ2n) is 8.69. The first-order valence-electron chi connectivity index (χ1n) is 11.3. The maximum atomic E-state index is 13.2. The topological polar surface area (TPSA) is 108 Å². The molecular formula is C26H25N5O3S. The van der Waals surface area contributed by atoms with Crippen molar-refractivity contribution in [1.29, 1.82) is 0 Å². The minimum Gasteiger partial charge on any atom is -0.322 e. The van der Waals surface area contributed by atoms with Gasteiger partial charge in [-0.2, -0.15) is 5.10 Å². The summed E-state index contributed by atoms with van der Waals surface area (Å²) >= 11 is 0. The quantitative estimate of drug-likeness (QED) is 0.392. The zero-order valence-corrected chi connectivity index (χ0v) is 20.2. The third kappa shape index (κ3) is 4.81. The van der Waals surface area contributed by atoms with Crippen molar-refractivity contribution in [1.82, 2.24) is 15.2 Å². The van der Waals surface area contributed by atoms with Crippen LogP contribution in [0.3, 0.4) is 0 Å². The van der Waals surface area contributed by atoms with Crippen molar-refractivity contribution in [2.24, 2.45) is 0 Å². The van der Waals surface area contributed by atoms with E-state index in [-0.39, 0.29) is 10.5 Å². The van der Waals surface area contributed by atoms with E-state index in [0.29, 0.717) is 23.1 Å². The lowest BCUT2D eigenvalue weighted by atomic mass is 10.1. The summed E-state index contributed by atoms with van der Waals surface area (Å²) in [6.45, 7) is 1.94. The summed E-state index contributed by atoms with van der Waals surface area (Å²) in [6, 6.07) is 20.4. The maximum Gasteiger partial charge on any atom is 0.264 e. The van der Waals surface area contributed by atoms with Gasteiger partial charge in [-0.05, 0) is 74.4 Å². The Bertz CT molecular complexity index is 1470. The molecule has 1 aliphatic carbocycles. The van der Waals surface area contributed by atoms with Crippen molar-refractivity contribution >= 4 is 27.3 Å². The van der Waals surface area contributed by atoms with Gasteiger partial charge in [-0.3, -0.25) is 14.2 Å². The molecular weight excluding hydrogens is 462 g/mol. The summed E-state index contributed by atoms with van der Waals surface area (Å²) in [7, 11) is -2.34. The Balaban J connectivity index is 1.30. The first-order chi connectivity index (χ1) is 16.8. The van der Waals surface area contributed by atoms with Crippen LogP contribution >= 0.6 is 0 Å². The number of aryl methyl sites for hydroxylation is 1. The normalized spacial score (nSPS) is 13.4. The van der Waals surface area contributed by atoms with E-state index < -0.39 is 15.9 Å². The molecule has 0 saturated heterocycles. The Morgan fingerprint density at radius 2 is 1.74 bits per heavy atom. The number of H-pyrrole nitrogens is 1. The smallest absolute Gasteiger partial charge is 0.264 e. The van der Waals surface area contributed by atoms with Crippen molar-refractivity contribution in [3.05, 3.63) is 89.7 Å². The van der Waals surface area contributed by atoms with Crippen LogP contribution in [0.5, 0.6) is 0 Å². The lowest BCUT2D eigenvalue weighted by Crippen LogP contribution is -2.26. The number of amides is 1. The Morgan fingerprint density at radius 1 is 1.03 bits per heavy atom. The number of carbonyl (C=O) groups is 1. The Kier molecular flexibility index (Phi) is 5.86. The molecule has 1 amide bonds. The molecule has 0 spiro atoms. The minimum absolute atomic E-state index is 0.0413. The third-order valence-electron chi connectivity index (χ3n) is 6.02. The Hall–Kier alpha value is -3.98. The number of benzene rings is 3. The second kappa shape index (κ2) is 8.99. The number of aromatic amines is 1. The number of anilines is 2. The van der Waals surface area contributed by atoms with E-state index in [2.05, 4.69) is 20.5 Å². The van der Waals surface area contributed by atoms with Crippen molar-refractivity contribution in [2.75, 3.05) is 16.7 Å². The fourth-order valence-electron chi connectivity index (χ4n) is 3.70. The van der Waals surface area contributed by atoms with Crippen molar-refractivity contribution < 1.29 is 13.2 Å². The van der Waals surface area contributed by atoms with Crippen LogP contribution in [-0.2, 0) is 10.0 Å². The molecule has 5 rings (SSSR count). The molecule has 178 valence electrons. The van der Waals surface area contributed by atoms with Gasteiger partial charge in [-0.15, -0.1) is 0 Å². The van der Waals surface area contributed by atoms with Gasteiger partial charge in [0.2, 0.25) is 0 Å². The third-order valence-corrected chi connectivity index (χ3v) is 7.80. The average molecular weight is 488 g/mol. The molecule has 3 aromatic carbocycles. The molecule has 4 aromatic rings. The molecule has 1 aromatic heterocycles. The van der Waals surface area contributed by atoms with Gasteiger partial charge in [-0.25, -0.2) is 13.4 Å². The van der Waals surface area contributed by atoms with E-state index >= 15 is 0 Å². The SMILES string of the molecule is Cc1ccc(N(C)S(=O)(=O)c2cccc(C(=O)Nc3ccc(-c4n[nH]c(C5CC5)n4)cc3)c2)cc1. The van der Waals surface area contributed by atoms with Crippen molar-refractivity contribution in [3.8, 4) is 11.4 Å². The molecule has 8 nitrogen and oxygen atoms in total. The van der Waals surface area contributed by atoms with Gasteiger partial charge in [0.25, 0.3) is 15.9 Å². The number of sulfonamides is 1. The Labute approximate surface area is 204 Å². The summed E-state index contributed by atoms with van der Waals surface area (Å²) in [5.41, 5.74) is 3.26. The van der Waals surface area contributed by atoms with Crippen molar-refractivity contribution in [3.63, 3.8) is 0 Å². The van der Waals surface area contributed by atoms with Gasteiger partial charge in [0, 0.05) is 29.8 Å². The number of hydrogen-bond acceptors (Lipinski definition) is 5. The van der Waals surface area contributed by atoms with Gasteiger partial charge in [0.15, 0.2) is 5.82 Å². The zero-order valence-electron chi connectivity index (χ0n) is 19.4. The molecule has 1 fully saturated rings. The molecule has 2 N–H and O–H groups in total. The summed E-state index contributed by atoms with van der Waals surface area (Å²) < 4.78 is 27.5. The second-order valence-corrected chi connectivity index (χ2v) is 10.7. The molecule has 0 aliphatic heterocycles. The van der Waals surface area contributed by atoms with Crippen LogP contribution in [0.1, 0.15) is 40.5 Å². The summed E-state index contributed by atoms with van der Waals surface area (Å²) in [5.74, 6) is 1.63. The highest BCUT2D eigenvalue weighted by molar-refractivity contribution is 7.92. The first kappa shape index (κ1) is 22.8. The van der Waals surface area contributed by atoms with Crippen LogP contribution in [0.2, 0.25) is 0 Å². The Morgan fingerprint density at radius 3 is 2.43 bits per heavy atom. The first-order valence-corrected chi connectivity index (χ1v) is 12.7. The van der Waals surface area contributed by atoms with E-state index in [1.807, 2.05) is 31.2 Å². The van der Waals surface area contributed by atoms with E-state index in [1.54, 1.807) is 36.4 Å². The highest BCUT2D eigenvalue weighted by atomic mass is 32.2. The predicted molar refractivity (Wildman–Crippen MR) is 135 cm³/mol. The van der Waals surface area contributed by atoms with Gasteiger partial charge >= 0.3 is 0 Å². The number of carbonyl (C=O) groups excluding carboxylic acids is 1. The standard InChI is InChI=1S/C26H25N5O3S/c1-17-6-14-22(15-7-17)31(2)35(33,34)23-5-3-4-20(16-23)26(32)27-21-12-10-19(11-13-21)25-28-24(29-30-25)18-8-9-18/h3-7,10-16,18H,8-9H2,1-2H3,(H,27,32)(H,28,29,30). The molecule has 1 heterocycles.